The lowest BCUT2D eigenvalue weighted by molar-refractivity contribution is 0.0812. The lowest BCUT2D eigenvalue weighted by Gasteiger charge is -2.30. The van der Waals surface area contributed by atoms with Crippen LogP contribution in [0.4, 0.5) is 4.79 Å². The molecule has 0 spiro atoms. The maximum absolute atomic E-state index is 13.4. The van der Waals surface area contributed by atoms with Crippen molar-refractivity contribution >= 4 is 29.4 Å². The Labute approximate surface area is 230 Å². The van der Waals surface area contributed by atoms with E-state index in [0.29, 0.717) is 31.4 Å². The van der Waals surface area contributed by atoms with Gasteiger partial charge in [-0.3, -0.25) is 4.79 Å². The normalized spacial score (nSPS) is 14.0. The zero-order valence-electron chi connectivity index (χ0n) is 24.1. The molecule has 0 aromatic carbocycles. The number of hydrogen-bond donors (Lipinski definition) is 1. The van der Waals surface area contributed by atoms with Crippen molar-refractivity contribution in [1.82, 2.24) is 0 Å². The van der Waals surface area contributed by atoms with E-state index in [1.807, 2.05) is 27.7 Å². The molecule has 0 aliphatic heterocycles. The number of Topliss-reactive ketones (excluding diaryl/α,β-unsaturated/α-hetero) is 1. The number of rotatable bonds is 12. The van der Waals surface area contributed by atoms with E-state index in [1.165, 1.54) is 29.1 Å². The first-order valence-corrected chi connectivity index (χ1v) is 14.1. The number of nitrogens with zero attached hydrogens (tertiary/aromatic N) is 1. The van der Waals surface area contributed by atoms with E-state index < -0.39 is 28.8 Å². The summed E-state index contributed by atoms with van der Waals surface area (Å²) in [4.78, 5) is 43.4. The van der Waals surface area contributed by atoms with Crippen LogP contribution >= 0.6 is 11.3 Å². The van der Waals surface area contributed by atoms with Crippen LogP contribution in [-0.4, -0.2) is 30.3 Å². The molecule has 2 aromatic heterocycles. The fourth-order valence-electron chi connectivity index (χ4n) is 4.14. The Hall–Kier alpha value is -2.74. The minimum atomic E-state index is -0.813. The topological polar surface area (TPSA) is 106 Å². The van der Waals surface area contributed by atoms with Crippen molar-refractivity contribution in [3.05, 3.63) is 49.7 Å². The Balaban J connectivity index is 2.07. The molecule has 0 saturated heterocycles. The number of carbonyl (C=O) groups is 2. The minimum Gasteiger partial charge on any atom is -0.507 e. The minimum absolute atomic E-state index is 0.163. The Morgan fingerprint density at radius 1 is 1.16 bits per heavy atom. The summed E-state index contributed by atoms with van der Waals surface area (Å²) in [7, 11) is 1.26. The third-order valence-corrected chi connectivity index (χ3v) is 8.20. The molecule has 1 amide bonds. The number of hydrogen-bond acceptors (Lipinski definition) is 7. The smallest absolute Gasteiger partial charge is 0.432 e. The highest BCUT2D eigenvalue weighted by Crippen LogP contribution is 2.37. The van der Waals surface area contributed by atoms with E-state index in [1.54, 1.807) is 11.3 Å². The van der Waals surface area contributed by atoms with Crippen molar-refractivity contribution in [2.24, 2.45) is 21.7 Å². The number of aromatic hydroxyl groups is 1. The van der Waals surface area contributed by atoms with Crippen LogP contribution in [0, 0.1) is 16.7 Å². The van der Waals surface area contributed by atoms with Gasteiger partial charge in [0.15, 0.2) is 5.78 Å². The number of carbonyl (C=O) groups excluding carboxylic acids is 2. The maximum atomic E-state index is 13.4. The Bertz CT molecular complexity index is 1180. The molecule has 0 fully saturated rings. The fourth-order valence-corrected chi connectivity index (χ4v) is 5.40. The van der Waals surface area contributed by atoms with Crippen LogP contribution in [0.25, 0.3) is 0 Å². The molecule has 0 aliphatic carbocycles. The quantitative estimate of drug-likeness (QED) is 0.167. The monoisotopic (exact) mass is 545 g/mol. The SMILES string of the molecule is COC(=O)N=CCCCC(C)c1cc(O)c(C(=O)C(C)C(C)(C)Cc2ccc(CCC(C)(C)C)s2)c(=O)o1. The van der Waals surface area contributed by atoms with E-state index >= 15 is 0 Å². The predicted molar refractivity (Wildman–Crippen MR) is 153 cm³/mol. The van der Waals surface area contributed by atoms with Crippen LogP contribution < -0.4 is 5.63 Å². The van der Waals surface area contributed by atoms with Gasteiger partial charge in [-0.25, -0.2) is 9.59 Å². The first kappa shape index (κ1) is 31.5. The van der Waals surface area contributed by atoms with Crippen molar-refractivity contribution in [2.45, 2.75) is 92.9 Å². The molecule has 0 radical (unpaired) electrons. The lowest BCUT2D eigenvalue weighted by Crippen LogP contribution is -2.33. The molecular weight excluding hydrogens is 502 g/mol. The van der Waals surface area contributed by atoms with Gasteiger partial charge in [-0.2, -0.15) is 4.99 Å². The zero-order valence-corrected chi connectivity index (χ0v) is 24.9. The fraction of sp³-hybridized carbons (Fsp3) is 0.600. The van der Waals surface area contributed by atoms with E-state index in [9.17, 15) is 19.5 Å². The van der Waals surface area contributed by atoms with Gasteiger partial charge < -0.3 is 14.3 Å². The molecular formula is C30H43NO6S. The van der Waals surface area contributed by atoms with Crippen LogP contribution in [-0.2, 0) is 17.6 Å². The van der Waals surface area contributed by atoms with Gasteiger partial charge >= 0.3 is 11.7 Å². The molecule has 38 heavy (non-hydrogen) atoms. The average Bonchev–Trinajstić information content (AvgIpc) is 3.27. The van der Waals surface area contributed by atoms with Gasteiger partial charge in [0.1, 0.15) is 17.1 Å². The van der Waals surface area contributed by atoms with Gasteiger partial charge in [0, 0.05) is 33.9 Å². The van der Waals surface area contributed by atoms with Gasteiger partial charge in [0.2, 0.25) is 0 Å². The number of aliphatic imine (C=N–C) groups is 1. The third-order valence-electron chi connectivity index (χ3n) is 7.06. The Kier molecular flexibility index (Phi) is 11.1. The predicted octanol–water partition coefficient (Wildman–Crippen LogP) is 7.58. The van der Waals surface area contributed by atoms with Crippen molar-refractivity contribution in [3.8, 4) is 5.75 Å². The van der Waals surface area contributed by atoms with Crippen LogP contribution in [0.5, 0.6) is 5.75 Å². The number of amides is 1. The molecule has 7 nitrogen and oxygen atoms in total. The molecule has 2 heterocycles. The largest absolute Gasteiger partial charge is 0.507 e. The highest BCUT2D eigenvalue weighted by Gasteiger charge is 2.35. The number of thiophene rings is 1. The molecule has 8 heteroatoms. The molecule has 0 aliphatic rings. The summed E-state index contributed by atoms with van der Waals surface area (Å²) < 4.78 is 9.93. The molecule has 2 unspecified atom stereocenters. The summed E-state index contributed by atoms with van der Waals surface area (Å²) >= 11 is 1.78. The number of ether oxygens (including phenoxy) is 1. The van der Waals surface area contributed by atoms with Crippen LogP contribution in [0.2, 0.25) is 0 Å². The van der Waals surface area contributed by atoms with Crippen molar-refractivity contribution in [1.29, 1.82) is 0 Å². The summed E-state index contributed by atoms with van der Waals surface area (Å²) in [5.74, 6) is -1.10. The standard InChI is InChI=1S/C30H43NO6S/c1-19(11-9-10-16-31-28(35)36-8)24-17-23(32)25(27(34)37-24)26(33)20(2)30(6,7)18-22-13-12-21(38-22)14-15-29(3,4)5/h12-13,16-17,19-20,32H,9-11,14-15,18H2,1-8H3. The van der Waals surface area contributed by atoms with Gasteiger partial charge in [-0.05, 0) is 61.5 Å². The number of aryl methyl sites for hydroxylation is 1. The van der Waals surface area contributed by atoms with Crippen LogP contribution in [0.3, 0.4) is 0 Å². The van der Waals surface area contributed by atoms with Crippen molar-refractivity contribution < 1.29 is 23.8 Å². The molecule has 0 saturated carbocycles. The molecule has 0 bridgehead atoms. The Morgan fingerprint density at radius 3 is 2.42 bits per heavy atom. The molecule has 210 valence electrons. The van der Waals surface area contributed by atoms with E-state index in [2.05, 4.69) is 42.6 Å². The summed E-state index contributed by atoms with van der Waals surface area (Å²) in [5, 5.41) is 10.7. The van der Waals surface area contributed by atoms with Gasteiger partial charge in [0.05, 0.1) is 7.11 Å². The van der Waals surface area contributed by atoms with Crippen molar-refractivity contribution in [3.63, 3.8) is 0 Å². The highest BCUT2D eigenvalue weighted by atomic mass is 32.1. The van der Waals surface area contributed by atoms with E-state index in [-0.39, 0.29) is 22.6 Å². The number of ketones is 1. The first-order valence-electron chi connectivity index (χ1n) is 13.2. The summed E-state index contributed by atoms with van der Waals surface area (Å²) in [6.07, 6.45) is 5.57. The second kappa shape index (κ2) is 13.4. The van der Waals surface area contributed by atoms with E-state index in [0.717, 1.165) is 12.8 Å². The Morgan fingerprint density at radius 2 is 1.82 bits per heavy atom. The van der Waals surface area contributed by atoms with Crippen LogP contribution in [0.15, 0.2) is 32.4 Å². The second-order valence-electron chi connectivity index (χ2n) is 12.0. The van der Waals surface area contributed by atoms with Crippen LogP contribution in [0.1, 0.15) is 106 Å². The number of unbranched alkanes of at least 4 members (excludes halogenated alkanes) is 1. The molecule has 2 aromatic rings. The van der Waals surface area contributed by atoms with Gasteiger partial charge in [-0.1, -0.05) is 48.5 Å². The molecule has 1 N–H and O–H groups in total. The lowest BCUT2D eigenvalue weighted by atomic mass is 9.73. The maximum Gasteiger partial charge on any atom is 0.432 e. The van der Waals surface area contributed by atoms with Gasteiger partial charge in [-0.15, -0.1) is 11.3 Å². The molecule has 2 rings (SSSR count). The zero-order chi connectivity index (χ0) is 28.7. The van der Waals surface area contributed by atoms with Gasteiger partial charge in [0.25, 0.3) is 0 Å². The average molecular weight is 546 g/mol. The first-order chi connectivity index (χ1) is 17.6. The van der Waals surface area contributed by atoms with E-state index in [4.69, 9.17) is 4.42 Å². The second-order valence-corrected chi connectivity index (χ2v) is 13.2. The van der Waals surface area contributed by atoms with Crippen molar-refractivity contribution in [2.75, 3.05) is 7.11 Å². The summed E-state index contributed by atoms with van der Waals surface area (Å²) in [6, 6.07) is 5.67. The highest BCUT2D eigenvalue weighted by molar-refractivity contribution is 7.12. The molecule has 2 atom stereocenters. The summed E-state index contributed by atoms with van der Waals surface area (Å²) in [6.45, 7) is 14.4. The third kappa shape index (κ3) is 9.22. The number of methoxy groups -OCH3 is 1. The summed E-state index contributed by atoms with van der Waals surface area (Å²) in [5.41, 5.74) is -1.25.